The molecule has 1 amide bonds. The van der Waals surface area contributed by atoms with Gasteiger partial charge in [-0.1, -0.05) is 13.0 Å². The van der Waals surface area contributed by atoms with E-state index in [0.717, 1.165) is 32.5 Å². The lowest BCUT2D eigenvalue weighted by Gasteiger charge is -2.32. The Morgan fingerprint density at radius 2 is 2.32 bits per heavy atom. The van der Waals surface area contributed by atoms with Crippen LogP contribution in [-0.2, 0) is 0 Å². The van der Waals surface area contributed by atoms with E-state index in [1.165, 1.54) is 0 Å². The number of hydrogen-bond acceptors (Lipinski definition) is 3. The number of piperidine rings is 1. The monoisotopic (exact) mass is 262 g/mol. The highest BCUT2D eigenvalue weighted by atomic mass is 16.3. The van der Waals surface area contributed by atoms with Gasteiger partial charge in [0.05, 0.1) is 0 Å². The first-order valence-electron chi connectivity index (χ1n) is 6.93. The van der Waals surface area contributed by atoms with Crippen molar-refractivity contribution in [3.63, 3.8) is 0 Å². The zero-order valence-electron chi connectivity index (χ0n) is 11.6. The van der Waals surface area contributed by atoms with Gasteiger partial charge in [0.2, 0.25) is 0 Å². The first-order chi connectivity index (χ1) is 9.11. The van der Waals surface area contributed by atoms with E-state index < -0.39 is 0 Å². The van der Waals surface area contributed by atoms with E-state index in [4.69, 9.17) is 0 Å². The fourth-order valence-corrected chi connectivity index (χ4v) is 2.59. The molecule has 0 spiro atoms. The van der Waals surface area contributed by atoms with Gasteiger partial charge in [-0.15, -0.1) is 0 Å². The average molecular weight is 262 g/mol. The van der Waals surface area contributed by atoms with Crippen LogP contribution in [0.3, 0.4) is 0 Å². The van der Waals surface area contributed by atoms with Crippen LogP contribution in [0.25, 0.3) is 0 Å². The van der Waals surface area contributed by atoms with Crippen molar-refractivity contribution in [2.24, 2.45) is 0 Å². The summed E-state index contributed by atoms with van der Waals surface area (Å²) >= 11 is 0. The molecule has 2 N–H and O–H groups in total. The van der Waals surface area contributed by atoms with Crippen molar-refractivity contribution in [2.75, 3.05) is 19.6 Å². The molecule has 0 aromatic heterocycles. The molecule has 19 heavy (non-hydrogen) atoms. The summed E-state index contributed by atoms with van der Waals surface area (Å²) in [5.41, 5.74) is 1.21. The van der Waals surface area contributed by atoms with Gasteiger partial charge in [-0.05, 0) is 45.0 Å². The smallest absolute Gasteiger partial charge is 0.251 e. The normalized spacial score (nSPS) is 20.2. The molecular formula is C15H22N2O2. The number of carbonyl (C=O) groups is 1. The lowest BCUT2D eigenvalue weighted by atomic mass is 10.0. The number of likely N-dealkylation sites (N-methyl/N-ethyl adjacent to an activating group) is 1. The topological polar surface area (TPSA) is 52.6 Å². The molecule has 1 fully saturated rings. The van der Waals surface area contributed by atoms with Crippen LogP contribution >= 0.6 is 0 Å². The summed E-state index contributed by atoms with van der Waals surface area (Å²) in [5, 5.41) is 12.7. The van der Waals surface area contributed by atoms with Crippen LogP contribution in [0.15, 0.2) is 18.2 Å². The molecule has 1 aromatic rings. The van der Waals surface area contributed by atoms with Crippen LogP contribution in [0.1, 0.15) is 35.7 Å². The number of hydrogen-bond donors (Lipinski definition) is 2. The Kier molecular flexibility index (Phi) is 4.43. The number of nitrogens with zero attached hydrogens (tertiary/aromatic N) is 1. The first kappa shape index (κ1) is 13.9. The van der Waals surface area contributed by atoms with Gasteiger partial charge in [0.25, 0.3) is 5.91 Å². The van der Waals surface area contributed by atoms with Crippen molar-refractivity contribution in [1.29, 1.82) is 0 Å². The lowest BCUT2D eigenvalue weighted by molar-refractivity contribution is 0.0905. The minimum absolute atomic E-state index is 0.0867. The summed E-state index contributed by atoms with van der Waals surface area (Å²) in [6, 6.07) is 5.27. The SMILES string of the molecule is CCN1CCCC(NC(=O)c2cccc(O)c2C)C1. The second-order valence-electron chi connectivity index (χ2n) is 5.16. The summed E-state index contributed by atoms with van der Waals surface area (Å²) in [6.45, 7) is 6.97. The Bertz CT molecular complexity index is 459. The highest BCUT2D eigenvalue weighted by molar-refractivity contribution is 5.96. The number of benzene rings is 1. The molecule has 0 saturated carbocycles. The maximum atomic E-state index is 12.2. The predicted molar refractivity (Wildman–Crippen MR) is 75.4 cm³/mol. The number of aromatic hydroxyl groups is 1. The first-order valence-corrected chi connectivity index (χ1v) is 6.93. The van der Waals surface area contributed by atoms with Gasteiger partial charge in [-0.3, -0.25) is 4.79 Å². The zero-order chi connectivity index (χ0) is 13.8. The van der Waals surface area contributed by atoms with Gasteiger partial charge in [-0.2, -0.15) is 0 Å². The van der Waals surface area contributed by atoms with E-state index >= 15 is 0 Å². The van der Waals surface area contributed by atoms with Crippen LogP contribution in [0.4, 0.5) is 0 Å². The highest BCUT2D eigenvalue weighted by Gasteiger charge is 2.21. The number of rotatable bonds is 3. The third-order valence-corrected chi connectivity index (χ3v) is 3.84. The van der Waals surface area contributed by atoms with Crippen LogP contribution in [-0.4, -0.2) is 41.6 Å². The molecule has 2 rings (SSSR count). The number of phenolic OH excluding ortho intramolecular Hbond substituents is 1. The Morgan fingerprint density at radius 1 is 1.53 bits per heavy atom. The minimum Gasteiger partial charge on any atom is -0.508 e. The summed E-state index contributed by atoms with van der Waals surface area (Å²) < 4.78 is 0. The quantitative estimate of drug-likeness (QED) is 0.875. The van der Waals surface area contributed by atoms with E-state index in [2.05, 4.69) is 17.1 Å². The number of nitrogens with one attached hydrogen (secondary N) is 1. The van der Waals surface area contributed by atoms with E-state index in [1.807, 2.05) is 0 Å². The van der Waals surface area contributed by atoms with Crippen LogP contribution in [0.5, 0.6) is 5.75 Å². The van der Waals surface area contributed by atoms with Crippen molar-refractivity contribution < 1.29 is 9.90 Å². The van der Waals surface area contributed by atoms with Gasteiger partial charge < -0.3 is 15.3 Å². The molecule has 1 heterocycles. The molecule has 0 aliphatic carbocycles. The molecule has 1 aromatic carbocycles. The van der Waals surface area contributed by atoms with Gasteiger partial charge in [0.15, 0.2) is 0 Å². The van der Waals surface area contributed by atoms with Gasteiger partial charge in [-0.25, -0.2) is 0 Å². The number of amides is 1. The third-order valence-electron chi connectivity index (χ3n) is 3.84. The van der Waals surface area contributed by atoms with Gasteiger partial charge in [0, 0.05) is 23.7 Å². The van der Waals surface area contributed by atoms with Crippen molar-refractivity contribution >= 4 is 5.91 Å². The third kappa shape index (κ3) is 3.26. The molecule has 1 unspecified atom stereocenters. The molecule has 1 aliphatic rings. The molecule has 1 atom stereocenters. The summed E-state index contributed by atoms with van der Waals surface area (Å²) in [5.74, 6) is 0.0860. The Labute approximate surface area is 114 Å². The molecule has 1 saturated heterocycles. The van der Waals surface area contributed by atoms with E-state index in [0.29, 0.717) is 11.1 Å². The maximum Gasteiger partial charge on any atom is 0.251 e. The summed E-state index contributed by atoms with van der Waals surface area (Å²) in [4.78, 5) is 14.6. The average Bonchev–Trinajstić information content (AvgIpc) is 2.42. The summed E-state index contributed by atoms with van der Waals surface area (Å²) in [7, 11) is 0. The predicted octanol–water partition coefficient (Wildman–Crippen LogP) is 1.91. The van der Waals surface area contributed by atoms with Crippen molar-refractivity contribution in [3.05, 3.63) is 29.3 Å². The standard InChI is InChI=1S/C15H22N2O2/c1-3-17-9-5-6-12(10-17)16-15(19)13-7-4-8-14(18)11(13)2/h4,7-8,12,18H,3,5-6,9-10H2,1-2H3,(H,16,19). The van der Waals surface area contributed by atoms with Gasteiger partial charge in [0.1, 0.15) is 5.75 Å². The van der Waals surface area contributed by atoms with Crippen LogP contribution in [0.2, 0.25) is 0 Å². The second kappa shape index (κ2) is 6.06. The highest BCUT2D eigenvalue weighted by Crippen LogP contribution is 2.20. The summed E-state index contributed by atoms with van der Waals surface area (Å²) in [6.07, 6.45) is 2.15. The molecule has 0 bridgehead atoms. The maximum absolute atomic E-state index is 12.2. The largest absolute Gasteiger partial charge is 0.508 e. The lowest BCUT2D eigenvalue weighted by Crippen LogP contribution is -2.47. The number of carbonyl (C=O) groups excluding carboxylic acids is 1. The van der Waals surface area contributed by atoms with E-state index in [9.17, 15) is 9.90 Å². The van der Waals surface area contributed by atoms with E-state index in [-0.39, 0.29) is 17.7 Å². The Morgan fingerprint density at radius 3 is 3.05 bits per heavy atom. The van der Waals surface area contributed by atoms with E-state index in [1.54, 1.807) is 25.1 Å². The van der Waals surface area contributed by atoms with Crippen molar-refractivity contribution in [3.8, 4) is 5.75 Å². The molecule has 0 radical (unpaired) electrons. The molecule has 104 valence electrons. The molecule has 4 nitrogen and oxygen atoms in total. The molecule has 1 aliphatic heterocycles. The van der Waals surface area contributed by atoms with Crippen LogP contribution in [0, 0.1) is 6.92 Å². The molecular weight excluding hydrogens is 240 g/mol. The van der Waals surface area contributed by atoms with Crippen molar-refractivity contribution in [2.45, 2.75) is 32.7 Å². The zero-order valence-corrected chi connectivity index (χ0v) is 11.6. The minimum atomic E-state index is -0.0867. The fraction of sp³-hybridized carbons (Fsp3) is 0.533. The van der Waals surface area contributed by atoms with Crippen LogP contribution < -0.4 is 5.32 Å². The molecule has 4 heteroatoms. The van der Waals surface area contributed by atoms with Crippen molar-refractivity contribution in [1.82, 2.24) is 10.2 Å². The van der Waals surface area contributed by atoms with Gasteiger partial charge >= 0.3 is 0 Å². The Hall–Kier alpha value is -1.55. The number of phenols is 1. The fourth-order valence-electron chi connectivity index (χ4n) is 2.59. The Balaban J connectivity index is 2.02. The number of likely N-dealkylation sites (tertiary alicyclic amines) is 1. The second-order valence-corrected chi connectivity index (χ2v) is 5.16.